The second-order valence-electron chi connectivity index (χ2n) is 3.49. The molecule has 4 N–H and O–H groups in total. The zero-order valence-electron chi connectivity index (χ0n) is 8.92. The van der Waals surface area contributed by atoms with E-state index >= 15 is 0 Å². The van der Waals surface area contributed by atoms with Gasteiger partial charge in [-0.05, 0) is 25.1 Å². The molecule has 90 valence electrons. The number of hydrogen-bond acceptors (Lipinski definition) is 3. The predicted molar refractivity (Wildman–Crippen MR) is 65.6 cm³/mol. The Labute approximate surface area is 103 Å². The Bertz CT molecular complexity index is 336. The molecule has 0 saturated heterocycles. The van der Waals surface area contributed by atoms with Gasteiger partial charge in [0.15, 0.2) is 0 Å². The number of benzene rings is 1. The Balaban J connectivity index is 2.70. The molecule has 0 bridgehead atoms. The normalized spacial score (nSPS) is 12.8. The molecule has 1 aromatic rings. The molecule has 0 aliphatic rings. The number of nitrogens with one attached hydrogen (secondary N) is 1. The molecule has 0 saturated carbocycles. The molecule has 0 aromatic heterocycles. The van der Waals surface area contributed by atoms with E-state index in [-0.39, 0.29) is 18.5 Å². The lowest BCUT2D eigenvalue weighted by Gasteiger charge is -2.17. The van der Waals surface area contributed by atoms with Crippen molar-refractivity contribution in [2.45, 2.75) is 12.5 Å². The maximum absolute atomic E-state index is 13.6. The molecular weight excluding hydrogens is 275 g/mol. The van der Waals surface area contributed by atoms with E-state index in [2.05, 4.69) is 21.2 Å². The summed E-state index contributed by atoms with van der Waals surface area (Å²) in [7, 11) is 0. The zero-order valence-corrected chi connectivity index (χ0v) is 10.5. The van der Waals surface area contributed by atoms with E-state index in [9.17, 15) is 4.39 Å². The Morgan fingerprint density at radius 2 is 2.25 bits per heavy atom. The van der Waals surface area contributed by atoms with Crippen LogP contribution in [0.1, 0.15) is 18.0 Å². The SMILES string of the molecule is NCC(NCCCO)c1ccc(Br)cc1F. The van der Waals surface area contributed by atoms with E-state index in [0.717, 1.165) is 0 Å². The number of aliphatic hydroxyl groups is 1. The number of halogens is 2. The molecule has 16 heavy (non-hydrogen) atoms. The second-order valence-corrected chi connectivity index (χ2v) is 4.40. The van der Waals surface area contributed by atoms with E-state index in [0.29, 0.717) is 29.5 Å². The monoisotopic (exact) mass is 290 g/mol. The van der Waals surface area contributed by atoms with Gasteiger partial charge in [-0.1, -0.05) is 22.0 Å². The van der Waals surface area contributed by atoms with E-state index in [1.54, 1.807) is 12.1 Å². The molecule has 5 heteroatoms. The highest BCUT2D eigenvalue weighted by molar-refractivity contribution is 9.10. The van der Waals surface area contributed by atoms with Gasteiger partial charge in [0, 0.05) is 29.2 Å². The summed E-state index contributed by atoms with van der Waals surface area (Å²) in [6.45, 7) is 1.06. The third-order valence-electron chi connectivity index (χ3n) is 2.30. The van der Waals surface area contributed by atoms with Gasteiger partial charge in [-0.2, -0.15) is 0 Å². The van der Waals surface area contributed by atoms with Gasteiger partial charge < -0.3 is 16.2 Å². The molecule has 0 aliphatic carbocycles. The Morgan fingerprint density at radius 1 is 1.50 bits per heavy atom. The molecule has 1 rings (SSSR count). The number of nitrogens with two attached hydrogens (primary N) is 1. The molecule has 0 radical (unpaired) electrons. The van der Waals surface area contributed by atoms with E-state index in [4.69, 9.17) is 10.8 Å². The summed E-state index contributed by atoms with van der Waals surface area (Å²) in [4.78, 5) is 0. The number of aliphatic hydroxyl groups excluding tert-OH is 1. The molecular formula is C11H16BrFN2O. The van der Waals surface area contributed by atoms with Crippen molar-refractivity contribution in [3.05, 3.63) is 34.1 Å². The maximum atomic E-state index is 13.6. The van der Waals surface area contributed by atoms with Crippen molar-refractivity contribution in [2.24, 2.45) is 5.73 Å². The van der Waals surface area contributed by atoms with E-state index in [1.807, 2.05) is 0 Å². The summed E-state index contributed by atoms with van der Waals surface area (Å²) < 4.78 is 14.3. The summed E-state index contributed by atoms with van der Waals surface area (Å²) in [5, 5.41) is 11.8. The molecule has 0 amide bonds. The third kappa shape index (κ3) is 3.83. The smallest absolute Gasteiger partial charge is 0.129 e. The van der Waals surface area contributed by atoms with Crippen LogP contribution in [0.4, 0.5) is 4.39 Å². The second kappa shape index (κ2) is 6.96. The third-order valence-corrected chi connectivity index (χ3v) is 2.79. The summed E-state index contributed by atoms with van der Waals surface area (Å²) in [5.41, 5.74) is 6.15. The lowest BCUT2D eigenvalue weighted by molar-refractivity contribution is 0.283. The van der Waals surface area contributed by atoms with Gasteiger partial charge in [-0.15, -0.1) is 0 Å². The minimum atomic E-state index is -0.277. The summed E-state index contributed by atoms with van der Waals surface area (Å²) in [6, 6.07) is 4.71. The van der Waals surface area contributed by atoms with Crippen LogP contribution < -0.4 is 11.1 Å². The summed E-state index contributed by atoms with van der Waals surface area (Å²) >= 11 is 3.21. The fourth-order valence-electron chi connectivity index (χ4n) is 1.46. The standard InChI is InChI=1S/C11H16BrFN2O/c12-8-2-3-9(10(13)6-8)11(7-14)15-4-1-5-16/h2-3,6,11,15-16H,1,4-5,7,14H2. The Morgan fingerprint density at radius 3 is 2.81 bits per heavy atom. The fraction of sp³-hybridized carbons (Fsp3) is 0.455. The first kappa shape index (κ1) is 13.6. The van der Waals surface area contributed by atoms with Crippen molar-refractivity contribution in [1.82, 2.24) is 5.32 Å². The Kier molecular flexibility index (Phi) is 5.90. The van der Waals surface area contributed by atoms with Crippen LogP contribution in [0, 0.1) is 5.82 Å². The zero-order chi connectivity index (χ0) is 12.0. The van der Waals surface area contributed by atoms with Gasteiger partial charge in [-0.25, -0.2) is 4.39 Å². The lowest BCUT2D eigenvalue weighted by Crippen LogP contribution is -2.30. The molecule has 0 spiro atoms. The van der Waals surface area contributed by atoms with Gasteiger partial charge in [0.2, 0.25) is 0 Å². The quantitative estimate of drug-likeness (QED) is 0.697. The van der Waals surface area contributed by atoms with Crippen LogP contribution in [0.25, 0.3) is 0 Å². The highest BCUT2D eigenvalue weighted by Gasteiger charge is 2.13. The number of rotatable bonds is 6. The van der Waals surface area contributed by atoms with Gasteiger partial charge >= 0.3 is 0 Å². The van der Waals surface area contributed by atoms with Crippen LogP contribution in [-0.2, 0) is 0 Å². The van der Waals surface area contributed by atoms with Crippen molar-refractivity contribution in [2.75, 3.05) is 19.7 Å². The molecule has 0 fully saturated rings. The lowest BCUT2D eigenvalue weighted by atomic mass is 10.1. The molecule has 0 aliphatic heterocycles. The largest absolute Gasteiger partial charge is 0.396 e. The highest BCUT2D eigenvalue weighted by atomic mass is 79.9. The summed E-state index contributed by atoms with van der Waals surface area (Å²) in [5.74, 6) is -0.277. The van der Waals surface area contributed by atoms with Crippen molar-refractivity contribution >= 4 is 15.9 Å². The van der Waals surface area contributed by atoms with Gasteiger partial charge in [0.25, 0.3) is 0 Å². The average molecular weight is 291 g/mol. The van der Waals surface area contributed by atoms with E-state index in [1.165, 1.54) is 6.07 Å². The van der Waals surface area contributed by atoms with Crippen molar-refractivity contribution in [3.63, 3.8) is 0 Å². The predicted octanol–water partition coefficient (Wildman–Crippen LogP) is 1.56. The van der Waals surface area contributed by atoms with Crippen LogP contribution in [0.2, 0.25) is 0 Å². The van der Waals surface area contributed by atoms with Gasteiger partial charge in [0.05, 0.1) is 0 Å². The van der Waals surface area contributed by atoms with Crippen LogP contribution in [0.15, 0.2) is 22.7 Å². The van der Waals surface area contributed by atoms with E-state index < -0.39 is 0 Å². The maximum Gasteiger partial charge on any atom is 0.129 e. The van der Waals surface area contributed by atoms with Gasteiger partial charge in [-0.3, -0.25) is 0 Å². The average Bonchev–Trinajstić information content (AvgIpc) is 2.26. The Hall–Kier alpha value is -0.490. The van der Waals surface area contributed by atoms with Crippen LogP contribution in [0.5, 0.6) is 0 Å². The minimum Gasteiger partial charge on any atom is -0.396 e. The van der Waals surface area contributed by atoms with Crippen molar-refractivity contribution in [3.8, 4) is 0 Å². The highest BCUT2D eigenvalue weighted by Crippen LogP contribution is 2.20. The van der Waals surface area contributed by atoms with Crippen molar-refractivity contribution in [1.29, 1.82) is 0 Å². The molecule has 0 heterocycles. The fourth-order valence-corrected chi connectivity index (χ4v) is 1.79. The van der Waals surface area contributed by atoms with Crippen molar-refractivity contribution < 1.29 is 9.50 Å². The summed E-state index contributed by atoms with van der Waals surface area (Å²) in [6.07, 6.45) is 0.634. The topological polar surface area (TPSA) is 58.3 Å². The van der Waals surface area contributed by atoms with Gasteiger partial charge in [0.1, 0.15) is 5.82 Å². The van der Waals surface area contributed by atoms with Crippen LogP contribution >= 0.6 is 15.9 Å². The first-order valence-electron chi connectivity index (χ1n) is 5.18. The van der Waals surface area contributed by atoms with Crippen LogP contribution in [0.3, 0.4) is 0 Å². The first-order valence-corrected chi connectivity index (χ1v) is 5.97. The molecule has 1 aromatic carbocycles. The first-order chi connectivity index (χ1) is 7.69. The molecule has 1 unspecified atom stereocenters. The number of hydrogen-bond donors (Lipinski definition) is 3. The molecule has 3 nitrogen and oxygen atoms in total. The minimum absolute atomic E-state index is 0.118. The molecule has 1 atom stereocenters. The van der Waals surface area contributed by atoms with Crippen LogP contribution in [-0.4, -0.2) is 24.8 Å².